The smallest absolute Gasteiger partial charge is 0.352 e. The van der Waals surface area contributed by atoms with Crippen molar-refractivity contribution in [2.45, 2.75) is 26.1 Å². The van der Waals surface area contributed by atoms with Crippen molar-refractivity contribution in [1.82, 2.24) is 0 Å². The van der Waals surface area contributed by atoms with Crippen LogP contribution in [0.15, 0.2) is 72.8 Å². The lowest BCUT2D eigenvalue weighted by atomic mass is 10.1. The van der Waals surface area contributed by atoms with E-state index in [4.69, 9.17) is 14.2 Å². The van der Waals surface area contributed by atoms with Gasteiger partial charge in [-0.15, -0.1) is 0 Å². The molecule has 0 bridgehead atoms. The molecule has 0 saturated carbocycles. The number of anilines is 1. The van der Waals surface area contributed by atoms with Gasteiger partial charge < -0.3 is 19.5 Å². The molecule has 6 heteroatoms. The van der Waals surface area contributed by atoms with Gasteiger partial charge in [-0.2, -0.15) is 0 Å². The summed E-state index contributed by atoms with van der Waals surface area (Å²) in [5.74, 6) is -0.0778. The van der Waals surface area contributed by atoms with Crippen LogP contribution in [0.4, 0.5) is 5.69 Å². The van der Waals surface area contributed by atoms with Gasteiger partial charge in [0.1, 0.15) is 6.61 Å². The highest BCUT2D eigenvalue weighted by Crippen LogP contribution is 2.32. The number of nitrogens with one attached hydrogen (secondary N) is 1. The normalized spacial score (nSPS) is 15.6. The molecule has 1 heterocycles. The first-order valence-electron chi connectivity index (χ1n) is 10.0. The molecule has 0 fully saturated rings. The quantitative estimate of drug-likeness (QED) is 0.624. The second-order valence-corrected chi connectivity index (χ2v) is 7.46. The number of esters is 1. The van der Waals surface area contributed by atoms with Crippen molar-refractivity contribution >= 4 is 17.6 Å². The minimum absolute atomic E-state index is 0.00997. The average Bonchev–Trinajstić information content (AvgIpc) is 2.76. The minimum atomic E-state index is -1.13. The summed E-state index contributed by atoms with van der Waals surface area (Å²) < 4.78 is 17.0. The maximum Gasteiger partial charge on any atom is 0.352 e. The Morgan fingerprint density at radius 3 is 2.29 bits per heavy atom. The molecule has 4 rings (SSSR count). The molecule has 3 aromatic carbocycles. The maximum atomic E-state index is 13.1. The fourth-order valence-electron chi connectivity index (χ4n) is 3.48. The van der Waals surface area contributed by atoms with E-state index in [1.165, 1.54) is 0 Å². The first-order chi connectivity index (χ1) is 15.0. The molecule has 0 spiro atoms. The molecule has 1 aliphatic heterocycles. The summed E-state index contributed by atoms with van der Waals surface area (Å²) in [4.78, 5) is 25.9. The van der Waals surface area contributed by atoms with Gasteiger partial charge in [0.05, 0.1) is 0 Å². The number of carbonyl (C=O) groups is 2. The highest BCUT2D eigenvalue weighted by Gasteiger charge is 2.33. The molecule has 6 nitrogen and oxygen atoms in total. The number of ether oxygens (including phenoxy) is 3. The molecule has 0 unspecified atom stereocenters. The van der Waals surface area contributed by atoms with E-state index in [9.17, 15) is 9.59 Å². The van der Waals surface area contributed by atoms with Crippen molar-refractivity contribution in [3.05, 3.63) is 89.5 Å². The van der Waals surface area contributed by atoms with Gasteiger partial charge in [0.2, 0.25) is 12.2 Å². The number of para-hydroxylation sites is 2. The Hall–Kier alpha value is -3.80. The number of hydrogen-bond donors (Lipinski definition) is 1. The molecular weight excluding hydrogens is 394 g/mol. The second kappa shape index (κ2) is 8.92. The number of carbonyl (C=O) groups excluding carboxylic acids is 2. The number of hydrogen-bond acceptors (Lipinski definition) is 5. The van der Waals surface area contributed by atoms with Gasteiger partial charge in [-0.1, -0.05) is 48.5 Å². The van der Waals surface area contributed by atoms with E-state index >= 15 is 0 Å². The molecule has 1 N–H and O–H groups in total. The van der Waals surface area contributed by atoms with Gasteiger partial charge in [-0.05, 0) is 49.2 Å². The van der Waals surface area contributed by atoms with Crippen molar-refractivity contribution in [3.63, 3.8) is 0 Å². The summed E-state index contributed by atoms with van der Waals surface area (Å²) in [5, 5.41) is 2.86. The Kier molecular flexibility index (Phi) is 5.89. The number of fused-ring (bicyclic) bond motifs is 1. The topological polar surface area (TPSA) is 73.9 Å². The first-order valence-corrected chi connectivity index (χ1v) is 10.0. The van der Waals surface area contributed by atoms with E-state index in [-0.39, 0.29) is 6.61 Å². The van der Waals surface area contributed by atoms with Crippen molar-refractivity contribution in [2.75, 3.05) is 11.9 Å². The van der Waals surface area contributed by atoms with E-state index in [1.54, 1.807) is 42.5 Å². The van der Waals surface area contributed by atoms with Crippen LogP contribution in [0.2, 0.25) is 0 Å². The van der Waals surface area contributed by atoms with Crippen molar-refractivity contribution in [3.8, 4) is 11.5 Å². The highest BCUT2D eigenvalue weighted by atomic mass is 16.6. The van der Waals surface area contributed by atoms with Crippen LogP contribution in [0.1, 0.15) is 22.8 Å². The van der Waals surface area contributed by atoms with Crippen LogP contribution in [-0.4, -0.2) is 24.6 Å². The summed E-state index contributed by atoms with van der Waals surface area (Å²) in [7, 11) is 0. The summed E-state index contributed by atoms with van der Waals surface area (Å²) in [6.07, 6.45) is -2.09. The Labute approximate surface area is 180 Å². The van der Waals surface area contributed by atoms with Crippen LogP contribution in [0.25, 0.3) is 0 Å². The lowest BCUT2D eigenvalue weighted by Crippen LogP contribution is -2.39. The molecule has 0 aliphatic carbocycles. The Morgan fingerprint density at radius 1 is 0.935 bits per heavy atom. The molecule has 2 atom stereocenters. The molecule has 158 valence electrons. The maximum absolute atomic E-state index is 13.1. The van der Waals surface area contributed by atoms with Gasteiger partial charge in [-0.25, -0.2) is 4.79 Å². The molecule has 3 aromatic rings. The van der Waals surface area contributed by atoms with Crippen LogP contribution in [0.3, 0.4) is 0 Å². The van der Waals surface area contributed by atoms with Crippen LogP contribution in [0.5, 0.6) is 11.5 Å². The van der Waals surface area contributed by atoms with Crippen molar-refractivity contribution in [2.24, 2.45) is 0 Å². The number of aryl methyl sites for hydroxylation is 2. The van der Waals surface area contributed by atoms with E-state index < -0.39 is 24.1 Å². The zero-order valence-corrected chi connectivity index (χ0v) is 17.3. The molecule has 31 heavy (non-hydrogen) atoms. The Morgan fingerprint density at radius 2 is 1.58 bits per heavy atom. The van der Waals surface area contributed by atoms with E-state index in [0.717, 1.165) is 11.1 Å². The predicted octanol–water partition coefficient (Wildman–Crippen LogP) is 4.37. The minimum Gasteiger partial charge on any atom is -0.485 e. The summed E-state index contributed by atoms with van der Waals surface area (Å²) in [6.45, 7) is 3.92. The van der Waals surface area contributed by atoms with Crippen LogP contribution in [-0.2, 0) is 14.3 Å². The lowest BCUT2D eigenvalue weighted by molar-refractivity contribution is -0.164. The average molecular weight is 417 g/mol. The van der Waals surface area contributed by atoms with Gasteiger partial charge >= 0.3 is 5.97 Å². The fraction of sp³-hybridized carbons (Fsp3) is 0.200. The van der Waals surface area contributed by atoms with E-state index in [0.29, 0.717) is 22.7 Å². The van der Waals surface area contributed by atoms with Gasteiger partial charge in [0.15, 0.2) is 11.5 Å². The Balaban J connectivity index is 1.53. The van der Waals surface area contributed by atoms with E-state index in [1.807, 2.05) is 44.2 Å². The third kappa shape index (κ3) is 4.86. The van der Waals surface area contributed by atoms with E-state index in [2.05, 4.69) is 5.32 Å². The molecule has 0 radical (unpaired) electrons. The molecule has 1 amide bonds. The fourth-order valence-corrected chi connectivity index (χ4v) is 3.48. The summed E-state index contributed by atoms with van der Waals surface area (Å²) >= 11 is 0. The monoisotopic (exact) mass is 417 g/mol. The summed E-state index contributed by atoms with van der Waals surface area (Å²) in [6, 6.07) is 21.7. The number of benzene rings is 3. The van der Waals surface area contributed by atoms with Crippen molar-refractivity contribution < 1.29 is 23.8 Å². The number of rotatable bonds is 5. The zero-order chi connectivity index (χ0) is 21.8. The van der Waals surface area contributed by atoms with Gasteiger partial charge in [0.25, 0.3) is 5.91 Å². The van der Waals surface area contributed by atoms with Crippen LogP contribution >= 0.6 is 0 Å². The SMILES string of the molecule is Cc1cc(C)cc(NC(=O)[C@@H](OC(=O)[C@H]2COc3ccccc3O2)c2ccccc2)c1. The molecule has 1 aliphatic rings. The lowest BCUT2D eigenvalue weighted by Gasteiger charge is -2.26. The number of amides is 1. The second-order valence-electron chi connectivity index (χ2n) is 7.46. The van der Waals surface area contributed by atoms with Gasteiger partial charge in [0, 0.05) is 11.3 Å². The highest BCUT2D eigenvalue weighted by molar-refractivity contribution is 5.96. The third-order valence-electron chi connectivity index (χ3n) is 4.84. The third-order valence-corrected chi connectivity index (χ3v) is 4.84. The van der Waals surface area contributed by atoms with Crippen LogP contribution < -0.4 is 14.8 Å². The first kappa shape index (κ1) is 20.5. The largest absolute Gasteiger partial charge is 0.485 e. The standard InChI is InChI=1S/C25H23NO5/c1-16-12-17(2)14-19(13-16)26-24(27)23(18-8-4-3-5-9-18)31-25(28)22-15-29-20-10-6-7-11-21(20)30-22/h3-14,22-23H,15H2,1-2H3,(H,26,27)/t22-,23+/m1/s1. The Bertz CT molecular complexity index is 1080. The zero-order valence-electron chi connectivity index (χ0n) is 17.3. The molecule has 0 aromatic heterocycles. The molecule has 0 saturated heterocycles. The van der Waals surface area contributed by atoms with Crippen molar-refractivity contribution in [1.29, 1.82) is 0 Å². The van der Waals surface area contributed by atoms with Crippen LogP contribution in [0, 0.1) is 13.8 Å². The van der Waals surface area contributed by atoms with Gasteiger partial charge in [-0.3, -0.25) is 4.79 Å². The predicted molar refractivity (Wildman–Crippen MR) is 116 cm³/mol. The summed E-state index contributed by atoms with van der Waals surface area (Å²) in [5.41, 5.74) is 3.26. The molecular formula is C25H23NO5.